The first-order chi connectivity index (χ1) is 15.7. The topological polar surface area (TPSA) is 64.0 Å². The minimum atomic E-state index is -0.242. The largest absolute Gasteiger partial charge is 0.325 e. The van der Waals surface area contributed by atoms with Crippen molar-refractivity contribution >= 4 is 57.4 Å². The third kappa shape index (κ3) is 4.36. The van der Waals surface area contributed by atoms with Gasteiger partial charge >= 0.3 is 0 Å². The fourth-order valence-electron chi connectivity index (χ4n) is 3.73. The van der Waals surface area contributed by atoms with Crippen molar-refractivity contribution in [2.24, 2.45) is 7.05 Å². The number of hydrogen-bond donors (Lipinski definition) is 1. The van der Waals surface area contributed by atoms with Gasteiger partial charge in [-0.2, -0.15) is 0 Å². The third-order valence-electron chi connectivity index (χ3n) is 5.52. The number of nitrogens with one attached hydrogen (secondary N) is 1. The lowest BCUT2D eigenvalue weighted by atomic mass is 9.97. The first kappa shape index (κ1) is 23.3. The smallest absolute Gasteiger partial charge is 0.256 e. The molecular weight excluding hydrogens is 481 g/mol. The molecule has 0 radical (unpaired) electrons. The van der Waals surface area contributed by atoms with Crippen molar-refractivity contribution in [3.63, 3.8) is 0 Å². The second-order valence-electron chi connectivity index (χ2n) is 7.65. The number of hydrogen-bond acceptors (Lipinski definition) is 3. The number of fused-ring (bicyclic) bond motifs is 1. The second kappa shape index (κ2) is 9.18. The van der Waals surface area contributed by atoms with E-state index in [0.717, 1.165) is 11.1 Å². The van der Waals surface area contributed by atoms with Gasteiger partial charge in [-0.1, -0.05) is 53.9 Å². The molecule has 0 saturated carbocycles. The van der Waals surface area contributed by atoms with Crippen LogP contribution in [0.25, 0.3) is 33.4 Å². The van der Waals surface area contributed by atoms with Crippen molar-refractivity contribution in [3.05, 3.63) is 79.5 Å². The molecule has 8 heteroatoms. The first-order valence-electron chi connectivity index (χ1n) is 10.3. The number of carbonyl (C=O) groups excluding carboxylic acids is 1. The minimum Gasteiger partial charge on any atom is -0.325 e. The molecule has 0 spiro atoms. The molecule has 168 valence electrons. The van der Waals surface area contributed by atoms with E-state index in [1.165, 1.54) is 4.57 Å². The summed E-state index contributed by atoms with van der Waals surface area (Å²) in [6.07, 6.45) is 0.284. The van der Waals surface area contributed by atoms with Crippen LogP contribution in [0.4, 0.5) is 5.69 Å². The highest BCUT2D eigenvalue weighted by atomic mass is 35.5. The van der Waals surface area contributed by atoms with Crippen LogP contribution in [0, 0.1) is 6.92 Å². The highest BCUT2D eigenvalue weighted by Gasteiger charge is 2.20. The first-order valence-corrected chi connectivity index (χ1v) is 11.4. The van der Waals surface area contributed by atoms with Gasteiger partial charge < -0.3 is 5.32 Å². The van der Waals surface area contributed by atoms with Crippen molar-refractivity contribution in [2.75, 3.05) is 5.32 Å². The maximum absolute atomic E-state index is 12.9. The Kier molecular flexibility index (Phi) is 6.48. The molecule has 1 amide bonds. The fourth-order valence-corrected chi connectivity index (χ4v) is 4.35. The lowest BCUT2D eigenvalue weighted by molar-refractivity contribution is -0.115. The van der Waals surface area contributed by atoms with E-state index in [9.17, 15) is 9.59 Å². The molecule has 0 aliphatic rings. The number of rotatable bonds is 4. The highest BCUT2D eigenvalue weighted by molar-refractivity contribution is 6.36. The van der Waals surface area contributed by atoms with Gasteiger partial charge in [0.25, 0.3) is 5.56 Å². The van der Waals surface area contributed by atoms with Gasteiger partial charge in [0, 0.05) is 45.6 Å². The molecule has 0 bridgehead atoms. The van der Waals surface area contributed by atoms with Gasteiger partial charge in [0.1, 0.15) is 5.65 Å². The monoisotopic (exact) mass is 499 g/mol. The van der Waals surface area contributed by atoms with Gasteiger partial charge in [0.15, 0.2) is 0 Å². The Labute approximate surface area is 205 Å². The molecule has 0 fully saturated rings. The number of pyridine rings is 2. The van der Waals surface area contributed by atoms with E-state index < -0.39 is 0 Å². The standard InChI is InChI=1S/C25H20Cl3N3O2/c1-4-21(32)29-22-13(2)25(33)31(3)24-19(22)12-18(14-5-7-15(26)8-6-14)23(30-24)17-10-9-16(27)11-20(17)28/h5-12H,4H2,1-3H3,(H,29,32). The number of anilines is 1. The Morgan fingerprint density at radius 3 is 2.30 bits per heavy atom. The zero-order chi connectivity index (χ0) is 23.9. The zero-order valence-electron chi connectivity index (χ0n) is 18.2. The van der Waals surface area contributed by atoms with Crippen LogP contribution >= 0.6 is 34.8 Å². The average Bonchev–Trinajstić information content (AvgIpc) is 2.80. The summed E-state index contributed by atoms with van der Waals surface area (Å²) in [5.41, 5.74) is 3.95. The van der Waals surface area contributed by atoms with Crippen LogP contribution in [0.2, 0.25) is 15.1 Å². The van der Waals surface area contributed by atoms with E-state index in [1.807, 2.05) is 18.2 Å². The summed E-state index contributed by atoms with van der Waals surface area (Å²) in [4.78, 5) is 30.1. The number of aryl methyl sites for hydroxylation is 1. The number of nitrogens with zero attached hydrogens (tertiary/aromatic N) is 2. The van der Waals surface area contributed by atoms with E-state index in [4.69, 9.17) is 39.8 Å². The van der Waals surface area contributed by atoms with Gasteiger partial charge in [0.05, 0.1) is 16.4 Å². The van der Waals surface area contributed by atoms with E-state index in [-0.39, 0.29) is 17.9 Å². The predicted molar refractivity (Wildman–Crippen MR) is 137 cm³/mol. The maximum atomic E-state index is 12.9. The summed E-state index contributed by atoms with van der Waals surface area (Å²) in [6, 6.07) is 14.5. The van der Waals surface area contributed by atoms with E-state index in [0.29, 0.717) is 48.6 Å². The van der Waals surface area contributed by atoms with Crippen LogP contribution < -0.4 is 10.9 Å². The van der Waals surface area contributed by atoms with Crippen molar-refractivity contribution in [1.29, 1.82) is 0 Å². The van der Waals surface area contributed by atoms with E-state index in [1.54, 1.807) is 51.2 Å². The molecule has 4 aromatic rings. The third-order valence-corrected chi connectivity index (χ3v) is 6.32. The molecule has 2 aromatic carbocycles. The molecule has 0 atom stereocenters. The van der Waals surface area contributed by atoms with Crippen molar-refractivity contribution in [3.8, 4) is 22.4 Å². The molecule has 0 unspecified atom stereocenters. The lowest BCUT2D eigenvalue weighted by Crippen LogP contribution is -2.24. The second-order valence-corrected chi connectivity index (χ2v) is 8.93. The number of halogens is 3. The summed E-state index contributed by atoms with van der Waals surface area (Å²) in [7, 11) is 1.66. The highest BCUT2D eigenvalue weighted by Crippen LogP contribution is 2.39. The van der Waals surface area contributed by atoms with Crippen LogP contribution in [0.3, 0.4) is 0 Å². The molecule has 33 heavy (non-hydrogen) atoms. The number of aromatic nitrogens is 2. The van der Waals surface area contributed by atoms with Crippen LogP contribution in [0.5, 0.6) is 0 Å². The predicted octanol–water partition coefficient (Wildman–Crippen LogP) is 6.88. The lowest BCUT2D eigenvalue weighted by Gasteiger charge is -2.18. The number of carbonyl (C=O) groups is 1. The maximum Gasteiger partial charge on any atom is 0.256 e. The van der Waals surface area contributed by atoms with Crippen LogP contribution in [-0.4, -0.2) is 15.5 Å². The Hall–Kier alpha value is -2.86. The van der Waals surface area contributed by atoms with Gasteiger partial charge in [-0.25, -0.2) is 4.98 Å². The molecule has 5 nitrogen and oxygen atoms in total. The van der Waals surface area contributed by atoms with Crippen molar-refractivity contribution < 1.29 is 4.79 Å². The molecule has 0 aliphatic heterocycles. The summed E-state index contributed by atoms with van der Waals surface area (Å²) < 4.78 is 1.48. The quantitative estimate of drug-likeness (QED) is 0.332. The van der Waals surface area contributed by atoms with Crippen molar-refractivity contribution in [1.82, 2.24) is 9.55 Å². The molecule has 2 aromatic heterocycles. The summed E-state index contributed by atoms with van der Waals surface area (Å²) >= 11 is 18.8. The molecule has 0 saturated heterocycles. The van der Waals surface area contributed by atoms with Crippen LogP contribution in [0.1, 0.15) is 18.9 Å². The van der Waals surface area contributed by atoms with Gasteiger partial charge in [0.2, 0.25) is 5.91 Å². The fraction of sp³-hybridized carbons (Fsp3) is 0.160. The minimum absolute atomic E-state index is 0.189. The van der Waals surface area contributed by atoms with Crippen molar-refractivity contribution in [2.45, 2.75) is 20.3 Å². The van der Waals surface area contributed by atoms with E-state index in [2.05, 4.69) is 5.32 Å². The summed E-state index contributed by atoms with van der Waals surface area (Å²) in [5, 5.41) is 5.07. The Morgan fingerprint density at radius 2 is 1.67 bits per heavy atom. The normalized spacial score (nSPS) is 11.1. The zero-order valence-corrected chi connectivity index (χ0v) is 20.4. The molecule has 1 N–H and O–H groups in total. The Morgan fingerprint density at radius 1 is 1.00 bits per heavy atom. The number of benzene rings is 2. The molecule has 0 aliphatic carbocycles. The van der Waals surface area contributed by atoms with E-state index >= 15 is 0 Å². The molecule has 4 rings (SSSR count). The molecular formula is C25H20Cl3N3O2. The van der Waals surface area contributed by atoms with Gasteiger partial charge in [-0.15, -0.1) is 0 Å². The Bertz CT molecular complexity index is 1460. The Balaban J connectivity index is 2.14. The SMILES string of the molecule is CCC(=O)Nc1c(C)c(=O)n(C)c2nc(-c3ccc(Cl)cc3Cl)c(-c3ccc(Cl)cc3)cc12. The number of amides is 1. The average molecular weight is 501 g/mol. The summed E-state index contributed by atoms with van der Waals surface area (Å²) in [5.74, 6) is -0.189. The summed E-state index contributed by atoms with van der Waals surface area (Å²) in [6.45, 7) is 3.45. The van der Waals surface area contributed by atoms with Crippen LogP contribution in [0.15, 0.2) is 53.3 Å². The van der Waals surface area contributed by atoms with Gasteiger partial charge in [-0.3, -0.25) is 14.2 Å². The van der Waals surface area contributed by atoms with Crippen LogP contribution in [-0.2, 0) is 11.8 Å². The van der Waals surface area contributed by atoms with Gasteiger partial charge in [-0.05, 0) is 48.9 Å². The molecule has 2 heterocycles.